The van der Waals surface area contributed by atoms with E-state index in [1.54, 1.807) is 12.1 Å². The van der Waals surface area contributed by atoms with E-state index in [1.165, 1.54) is 27.5 Å². The summed E-state index contributed by atoms with van der Waals surface area (Å²) in [4.78, 5) is 15.1. The number of aromatic nitrogens is 1. The van der Waals surface area contributed by atoms with E-state index in [-0.39, 0.29) is 5.69 Å². The van der Waals surface area contributed by atoms with Gasteiger partial charge < -0.3 is 19.3 Å². The number of aromatic carboxylic acids is 1. The van der Waals surface area contributed by atoms with Crippen LogP contribution in [0.5, 0.6) is 17.2 Å². The Morgan fingerprint density at radius 3 is 2.37 bits per heavy atom. The summed E-state index contributed by atoms with van der Waals surface area (Å²) in [5.74, 6) is -0.0270. The number of benzene rings is 1. The Kier molecular flexibility index (Phi) is 3.41. The van der Waals surface area contributed by atoms with Gasteiger partial charge in [-0.15, -0.1) is 0 Å². The predicted molar refractivity (Wildman–Crippen MR) is 68.4 cm³/mol. The smallest absolute Gasteiger partial charge is 0.355 e. The lowest BCUT2D eigenvalue weighted by Gasteiger charge is -2.15. The molecule has 0 radical (unpaired) electrons. The molecule has 1 N–H and O–H groups in total. The molecule has 0 amide bonds. The molecule has 0 aliphatic carbocycles. The van der Waals surface area contributed by atoms with Gasteiger partial charge in [-0.25, -0.2) is 9.78 Å². The SMILES string of the molecule is COc1cc2ccnc(C(=O)O)c2c(OC)c1OC. The molecule has 0 atom stereocenters. The van der Waals surface area contributed by atoms with Crippen LogP contribution in [0, 0.1) is 0 Å². The highest BCUT2D eigenvalue weighted by Gasteiger charge is 2.21. The zero-order valence-corrected chi connectivity index (χ0v) is 10.8. The second-order valence-corrected chi connectivity index (χ2v) is 3.71. The second-order valence-electron chi connectivity index (χ2n) is 3.71. The molecule has 2 aromatic rings. The van der Waals surface area contributed by atoms with Crippen molar-refractivity contribution in [2.45, 2.75) is 0 Å². The van der Waals surface area contributed by atoms with Crippen molar-refractivity contribution in [2.24, 2.45) is 0 Å². The molecule has 0 unspecified atom stereocenters. The maximum Gasteiger partial charge on any atom is 0.355 e. The summed E-state index contributed by atoms with van der Waals surface area (Å²) < 4.78 is 15.7. The minimum absolute atomic E-state index is 0.0877. The monoisotopic (exact) mass is 263 g/mol. The molecule has 6 heteroatoms. The van der Waals surface area contributed by atoms with Crippen LogP contribution in [0.2, 0.25) is 0 Å². The van der Waals surface area contributed by atoms with Gasteiger partial charge in [0.05, 0.1) is 26.7 Å². The van der Waals surface area contributed by atoms with E-state index in [4.69, 9.17) is 14.2 Å². The van der Waals surface area contributed by atoms with Crippen molar-refractivity contribution in [3.63, 3.8) is 0 Å². The fourth-order valence-corrected chi connectivity index (χ4v) is 1.97. The standard InChI is InChI=1S/C13H13NO5/c1-17-8-6-7-4-5-14-10(13(15)16)9(7)12(19-3)11(8)18-2/h4-6H,1-3H3,(H,15,16). The zero-order valence-electron chi connectivity index (χ0n) is 10.8. The van der Waals surface area contributed by atoms with Crippen molar-refractivity contribution in [1.29, 1.82) is 0 Å². The first kappa shape index (κ1) is 12.9. The van der Waals surface area contributed by atoms with Crippen LogP contribution in [-0.4, -0.2) is 37.4 Å². The van der Waals surface area contributed by atoms with Crippen LogP contribution in [0.15, 0.2) is 18.3 Å². The Morgan fingerprint density at radius 2 is 1.84 bits per heavy atom. The number of hydrogen-bond acceptors (Lipinski definition) is 5. The first-order chi connectivity index (χ1) is 9.13. The quantitative estimate of drug-likeness (QED) is 0.908. The lowest BCUT2D eigenvalue weighted by Crippen LogP contribution is -2.04. The minimum atomic E-state index is -1.13. The fraction of sp³-hybridized carbons (Fsp3) is 0.231. The molecule has 0 bridgehead atoms. The van der Waals surface area contributed by atoms with Gasteiger partial charge >= 0.3 is 5.97 Å². The molecule has 0 saturated heterocycles. The lowest BCUT2D eigenvalue weighted by molar-refractivity contribution is 0.0692. The van der Waals surface area contributed by atoms with Crippen molar-refractivity contribution in [2.75, 3.05) is 21.3 Å². The van der Waals surface area contributed by atoms with Crippen LogP contribution in [0.1, 0.15) is 10.5 Å². The van der Waals surface area contributed by atoms with Gasteiger partial charge in [-0.05, 0) is 17.5 Å². The van der Waals surface area contributed by atoms with E-state index in [0.717, 1.165) is 0 Å². The number of carboxylic acid groups (broad SMARTS) is 1. The summed E-state index contributed by atoms with van der Waals surface area (Å²) in [6, 6.07) is 3.37. The average molecular weight is 263 g/mol. The molecule has 0 spiro atoms. The van der Waals surface area contributed by atoms with E-state index < -0.39 is 5.97 Å². The summed E-state index contributed by atoms with van der Waals surface area (Å²) in [5.41, 5.74) is -0.0877. The highest BCUT2D eigenvalue weighted by Crippen LogP contribution is 2.44. The minimum Gasteiger partial charge on any atom is -0.493 e. The van der Waals surface area contributed by atoms with Crippen LogP contribution in [0.25, 0.3) is 10.8 Å². The fourth-order valence-electron chi connectivity index (χ4n) is 1.97. The van der Waals surface area contributed by atoms with Crippen LogP contribution in [0.4, 0.5) is 0 Å². The number of fused-ring (bicyclic) bond motifs is 1. The van der Waals surface area contributed by atoms with Crippen LogP contribution < -0.4 is 14.2 Å². The largest absolute Gasteiger partial charge is 0.493 e. The van der Waals surface area contributed by atoms with Gasteiger partial charge in [0.1, 0.15) is 0 Å². The summed E-state index contributed by atoms with van der Waals surface area (Å²) in [6.07, 6.45) is 1.43. The highest BCUT2D eigenvalue weighted by molar-refractivity contribution is 6.06. The molecular weight excluding hydrogens is 250 g/mol. The molecule has 19 heavy (non-hydrogen) atoms. The molecule has 100 valence electrons. The van der Waals surface area contributed by atoms with Gasteiger partial charge in [-0.1, -0.05) is 0 Å². The number of methoxy groups -OCH3 is 3. The van der Waals surface area contributed by atoms with E-state index in [2.05, 4.69) is 4.98 Å². The number of hydrogen-bond donors (Lipinski definition) is 1. The Hall–Kier alpha value is -2.50. The van der Waals surface area contributed by atoms with E-state index in [0.29, 0.717) is 28.0 Å². The van der Waals surface area contributed by atoms with Gasteiger partial charge in [-0.3, -0.25) is 0 Å². The molecular formula is C13H13NO5. The molecule has 0 fully saturated rings. The third kappa shape index (κ3) is 2.01. The summed E-state index contributed by atoms with van der Waals surface area (Å²) in [6.45, 7) is 0. The van der Waals surface area contributed by atoms with Crippen LogP contribution in [0.3, 0.4) is 0 Å². The zero-order chi connectivity index (χ0) is 14.0. The van der Waals surface area contributed by atoms with Gasteiger partial charge in [0.15, 0.2) is 17.2 Å². The number of carboxylic acids is 1. The van der Waals surface area contributed by atoms with Crippen molar-refractivity contribution < 1.29 is 24.1 Å². The molecule has 0 aliphatic rings. The Labute approximate surface area is 109 Å². The molecule has 0 saturated carbocycles. The first-order valence-corrected chi connectivity index (χ1v) is 5.45. The normalized spacial score (nSPS) is 10.3. The maximum atomic E-state index is 11.2. The summed E-state index contributed by atoms with van der Waals surface area (Å²) in [5, 5.41) is 10.2. The molecule has 1 heterocycles. The van der Waals surface area contributed by atoms with Crippen molar-refractivity contribution in [1.82, 2.24) is 4.98 Å². The second kappa shape index (κ2) is 5.01. The van der Waals surface area contributed by atoms with E-state index in [1.807, 2.05) is 0 Å². The number of pyridine rings is 1. The van der Waals surface area contributed by atoms with Gasteiger partial charge in [0, 0.05) is 6.20 Å². The van der Waals surface area contributed by atoms with Gasteiger partial charge in [-0.2, -0.15) is 0 Å². The van der Waals surface area contributed by atoms with Crippen molar-refractivity contribution in [3.8, 4) is 17.2 Å². The average Bonchev–Trinajstić information content (AvgIpc) is 2.43. The number of rotatable bonds is 4. The first-order valence-electron chi connectivity index (χ1n) is 5.45. The lowest BCUT2D eigenvalue weighted by atomic mass is 10.1. The molecule has 2 rings (SSSR count). The predicted octanol–water partition coefficient (Wildman–Crippen LogP) is 1.96. The number of ether oxygens (including phenoxy) is 3. The third-order valence-electron chi connectivity index (χ3n) is 2.76. The highest BCUT2D eigenvalue weighted by atomic mass is 16.5. The molecule has 0 aliphatic heterocycles. The molecule has 1 aromatic carbocycles. The van der Waals surface area contributed by atoms with Crippen molar-refractivity contribution >= 4 is 16.7 Å². The molecule has 6 nitrogen and oxygen atoms in total. The topological polar surface area (TPSA) is 77.9 Å². The van der Waals surface area contributed by atoms with E-state index >= 15 is 0 Å². The van der Waals surface area contributed by atoms with Crippen LogP contribution in [-0.2, 0) is 0 Å². The Balaban J connectivity index is 2.94. The van der Waals surface area contributed by atoms with Crippen molar-refractivity contribution in [3.05, 3.63) is 24.0 Å². The van der Waals surface area contributed by atoms with Crippen LogP contribution >= 0.6 is 0 Å². The Morgan fingerprint density at radius 1 is 1.16 bits per heavy atom. The Bertz CT molecular complexity index is 638. The number of carbonyl (C=O) groups is 1. The molecule has 1 aromatic heterocycles. The summed E-state index contributed by atoms with van der Waals surface area (Å²) in [7, 11) is 4.40. The number of nitrogens with zero attached hydrogens (tertiary/aromatic N) is 1. The van der Waals surface area contributed by atoms with Gasteiger partial charge in [0.2, 0.25) is 5.75 Å². The van der Waals surface area contributed by atoms with Gasteiger partial charge in [0.25, 0.3) is 0 Å². The maximum absolute atomic E-state index is 11.2. The van der Waals surface area contributed by atoms with E-state index in [9.17, 15) is 9.90 Å². The third-order valence-corrected chi connectivity index (χ3v) is 2.76. The summed E-state index contributed by atoms with van der Waals surface area (Å²) >= 11 is 0.